The van der Waals surface area contributed by atoms with E-state index in [0.717, 1.165) is 30.4 Å². The number of allylic oxidation sites excluding steroid dienone is 2. The van der Waals surface area contributed by atoms with Gasteiger partial charge in [-0.25, -0.2) is 0 Å². The summed E-state index contributed by atoms with van der Waals surface area (Å²) in [5.41, 5.74) is 3.94. The molecule has 2 aliphatic rings. The summed E-state index contributed by atoms with van der Waals surface area (Å²) in [7, 11) is 0. The molecule has 25 heavy (non-hydrogen) atoms. The number of rotatable bonds is 4. The van der Waals surface area contributed by atoms with E-state index in [1.165, 1.54) is 5.57 Å². The van der Waals surface area contributed by atoms with Crippen LogP contribution in [0.5, 0.6) is 0 Å². The van der Waals surface area contributed by atoms with Crippen LogP contribution in [-0.4, -0.2) is 11.7 Å². The normalized spacial score (nSPS) is 26.2. The molecular formula is C22H27NO2. The molecule has 0 spiro atoms. The lowest BCUT2D eigenvalue weighted by atomic mass is 9.86. The first-order chi connectivity index (χ1) is 12.0. The summed E-state index contributed by atoms with van der Waals surface area (Å²) in [6.07, 6.45) is 3.48. The van der Waals surface area contributed by atoms with Gasteiger partial charge in [-0.3, -0.25) is 9.59 Å². The number of fused-ring (bicyclic) bond motifs is 1. The summed E-state index contributed by atoms with van der Waals surface area (Å²) in [5.74, 6) is 1.23. The Morgan fingerprint density at radius 3 is 2.64 bits per heavy atom. The van der Waals surface area contributed by atoms with Crippen LogP contribution in [0.3, 0.4) is 0 Å². The minimum absolute atomic E-state index is 0.0671. The van der Waals surface area contributed by atoms with Gasteiger partial charge in [0.2, 0.25) is 5.91 Å². The zero-order valence-corrected chi connectivity index (χ0v) is 15.2. The second-order valence-electron chi connectivity index (χ2n) is 7.53. The molecule has 3 nitrogen and oxygen atoms in total. The molecule has 1 aromatic carbocycles. The predicted molar refractivity (Wildman–Crippen MR) is 99.7 cm³/mol. The lowest BCUT2D eigenvalue weighted by Gasteiger charge is -2.19. The fourth-order valence-electron chi connectivity index (χ4n) is 4.19. The van der Waals surface area contributed by atoms with Crippen molar-refractivity contribution in [3.8, 4) is 0 Å². The first kappa shape index (κ1) is 17.7. The van der Waals surface area contributed by atoms with Crippen LogP contribution < -0.4 is 5.32 Å². The quantitative estimate of drug-likeness (QED) is 0.837. The maximum Gasteiger partial charge on any atom is 0.247 e. The SMILES string of the molecule is C=C(C(=O)NCc1ccccc1)[C@H]1CCC(C)[C@@H]2CC(=O)C(C)=C2C1. The number of hydrogen-bond donors (Lipinski definition) is 1. The van der Waals surface area contributed by atoms with Crippen LogP contribution in [0.15, 0.2) is 53.6 Å². The van der Waals surface area contributed by atoms with Crippen molar-refractivity contribution in [1.29, 1.82) is 0 Å². The van der Waals surface area contributed by atoms with Gasteiger partial charge < -0.3 is 5.32 Å². The van der Waals surface area contributed by atoms with Crippen molar-refractivity contribution in [2.24, 2.45) is 17.8 Å². The maximum atomic E-state index is 12.6. The Balaban J connectivity index is 1.67. The van der Waals surface area contributed by atoms with Crippen LogP contribution in [0.2, 0.25) is 0 Å². The van der Waals surface area contributed by atoms with Gasteiger partial charge in [0, 0.05) is 18.5 Å². The molecule has 132 valence electrons. The summed E-state index contributed by atoms with van der Waals surface area (Å²) in [6.45, 7) is 8.80. The zero-order chi connectivity index (χ0) is 18.0. The summed E-state index contributed by atoms with van der Waals surface area (Å²) in [4.78, 5) is 24.7. The van der Waals surface area contributed by atoms with Gasteiger partial charge in [-0.1, -0.05) is 49.4 Å². The van der Waals surface area contributed by atoms with Crippen molar-refractivity contribution in [3.63, 3.8) is 0 Å². The average molecular weight is 337 g/mol. The molecule has 1 aromatic rings. The summed E-state index contributed by atoms with van der Waals surface area (Å²) in [6, 6.07) is 9.90. The average Bonchev–Trinajstić information content (AvgIpc) is 2.80. The molecule has 3 atom stereocenters. The fourth-order valence-corrected chi connectivity index (χ4v) is 4.19. The highest BCUT2D eigenvalue weighted by atomic mass is 16.1. The molecule has 1 amide bonds. The van der Waals surface area contributed by atoms with Crippen LogP contribution in [0.25, 0.3) is 0 Å². The number of ketones is 1. The number of carbonyl (C=O) groups is 2. The van der Waals surface area contributed by atoms with Gasteiger partial charge in [-0.2, -0.15) is 0 Å². The van der Waals surface area contributed by atoms with Crippen molar-refractivity contribution in [2.75, 3.05) is 0 Å². The smallest absolute Gasteiger partial charge is 0.247 e. The Labute approximate surface area is 150 Å². The fraction of sp³-hybridized carbons (Fsp3) is 0.455. The summed E-state index contributed by atoms with van der Waals surface area (Å²) < 4.78 is 0. The minimum atomic E-state index is -0.0671. The third-order valence-corrected chi connectivity index (χ3v) is 5.96. The van der Waals surface area contributed by atoms with Gasteiger partial charge >= 0.3 is 0 Å². The highest BCUT2D eigenvalue weighted by Crippen LogP contribution is 2.45. The van der Waals surface area contributed by atoms with Crippen LogP contribution in [0.1, 0.15) is 45.1 Å². The molecule has 0 bridgehead atoms. The zero-order valence-electron chi connectivity index (χ0n) is 15.2. The van der Waals surface area contributed by atoms with Crippen LogP contribution >= 0.6 is 0 Å². The molecule has 0 saturated heterocycles. The molecule has 0 aliphatic heterocycles. The maximum absolute atomic E-state index is 12.6. The molecule has 1 unspecified atom stereocenters. The van der Waals surface area contributed by atoms with Gasteiger partial charge in [0.05, 0.1) is 0 Å². The van der Waals surface area contributed by atoms with E-state index in [-0.39, 0.29) is 17.6 Å². The van der Waals surface area contributed by atoms with E-state index >= 15 is 0 Å². The Bertz CT molecular complexity index is 717. The molecule has 0 heterocycles. The predicted octanol–water partition coefficient (Wildman–Crippen LogP) is 4.20. The Morgan fingerprint density at radius 1 is 1.20 bits per heavy atom. The van der Waals surface area contributed by atoms with E-state index in [1.807, 2.05) is 37.3 Å². The van der Waals surface area contributed by atoms with Gasteiger partial charge in [0.1, 0.15) is 0 Å². The molecule has 0 radical (unpaired) electrons. The number of Topliss-reactive ketones (excluding diaryl/α,β-unsaturated/α-hetero) is 1. The van der Waals surface area contributed by atoms with Gasteiger partial charge in [0.15, 0.2) is 5.78 Å². The van der Waals surface area contributed by atoms with Crippen molar-refractivity contribution in [2.45, 2.75) is 46.1 Å². The van der Waals surface area contributed by atoms with E-state index in [4.69, 9.17) is 0 Å². The summed E-state index contributed by atoms with van der Waals surface area (Å²) in [5, 5.41) is 2.99. The minimum Gasteiger partial charge on any atom is -0.348 e. The van der Waals surface area contributed by atoms with E-state index in [9.17, 15) is 9.59 Å². The first-order valence-corrected chi connectivity index (χ1v) is 9.21. The number of carbonyl (C=O) groups excluding carboxylic acids is 2. The Morgan fingerprint density at radius 2 is 1.92 bits per heavy atom. The van der Waals surface area contributed by atoms with E-state index in [2.05, 4.69) is 18.8 Å². The standard InChI is InChI=1S/C22H27NO2/c1-14-9-10-18(11-20-16(3)21(24)12-19(14)20)15(2)22(25)23-13-17-7-5-4-6-8-17/h4-8,14,18-19H,2,9-13H2,1,3H3,(H,23,25)/t14?,18-,19-/m0/s1. The van der Waals surface area contributed by atoms with E-state index in [0.29, 0.717) is 30.4 Å². The topological polar surface area (TPSA) is 46.2 Å². The summed E-state index contributed by atoms with van der Waals surface area (Å²) >= 11 is 0. The second-order valence-corrected chi connectivity index (χ2v) is 7.53. The molecule has 3 rings (SSSR count). The highest BCUT2D eigenvalue weighted by molar-refractivity contribution is 5.99. The number of amides is 1. The second kappa shape index (κ2) is 7.38. The van der Waals surface area contributed by atoms with Crippen molar-refractivity contribution in [3.05, 3.63) is 59.2 Å². The number of hydrogen-bond acceptors (Lipinski definition) is 2. The molecule has 0 aromatic heterocycles. The van der Waals surface area contributed by atoms with Gasteiger partial charge in [-0.15, -0.1) is 0 Å². The van der Waals surface area contributed by atoms with Crippen molar-refractivity contribution >= 4 is 11.7 Å². The molecule has 1 saturated carbocycles. The third kappa shape index (κ3) is 3.76. The molecule has 2 aliphatic carbocycles. The Hall–Kier alpha value is -2.16. The lowest BCUT2D eigenvalue weighted by molar-refractivity contribution is -0.118. The van der Waals surface area contributed by atoms with Crippen LogP contribution in [-0.2, 0) is 16.1 Å². The molecule has 1 N–H and O–H groups in total. The molecule has 1 fully saturated rings. The van der Waals surface area contributed by atoms with E-state index in [1.54, 1.807) is 0 Å². The van der Waals surface area contributed by atoms with Gasteiger partial charge in [0.25, 0.3) is 0 Å². The lowest BCUT2D eigenvalue weighted by Crippen LogP contribution is -2.27. The van der Waals surface area contributed by atoms with Gasteiger partial charge in [-0.05, 0) is 55.1 Å². The first-order valence-electron chi connectivity index (χ1n) is 9.21. The largest absolute Gasteiger partial charge is 0.348 e. The number of benzene rings is 1. The molecule has 3 heteroatoms. The van der Waals surface area contributed by atoms with Crippen molar-refractivity contribution in [1.82, 2.24) is 5.32 Å². The highest BCUT2D eigenvalue weighted by Gasteiger charge is 2.37. The molecular weight excluding hydrogens is 310 g/mol. The number of nitrogens with one attached hydrogen (secondary N) is 1. The van der Waals surface area contributed by atoms with E-state index < -0.39 is 0 Å². The van der Waals surface area contributed by atoms with Crippen LogP contribution in [0.4, 0.5) is 0 Å². The van der Waals surface area contributed by atoms with Crippen LogP contribution in [0, 0.1) is 17.8 Å². The Kier molecular flexibility index (Phi) is 5.22. The monoisotopic (exact) mass is 337 g/mol. The third-order valence-electron chi connectivity index (χ3n) is 5.96. The van der Waals surface area contributed by atoms with Crippen molar-refractivity contribution < 1.29 is 9.59 Å².